The molecule has 1 aromatic rings. The average Bonchev–Trinajstić information content (AvgIpc) is 2.32. The molecule has 3 heteroatoms. The Labute approximate surface area is 90.9 Å². The summed E-state index contributed by atoms with van der Waals surface area (Å²) in [4.78, 5) is 4.22. The van der Waals surface area contributed by atoms with E-state index < -0.39 is 0 Å². The molecule has 2 rings (SSSR count). The van der Waals surface area contributed by atoms with Crippen LogP contribution >= 0.6 is 0 Å². The molecule has 1 aliphatic rings. The second-order valence-electron chi connectivity index (χ2n) is 4.16. The maximum Gasteiger partial charge on any atom is 0.0475 e. The first kappa shape index (κ1) is 10.6. The lowest BCUT2D eigenvalue weighted by atomic mass is 9.75. The number of nitrogens with zero attached hydrogens (tertiary/aromatic N) is 1. The van der Waals surface area contributed by atoms with Crippen molar-refractivity contribution in [3.05, 3.63) is 30.1 Å². The van der Waals surface area contributed by atoms with E-state index in [2.05, 4.69) is 16.4 Å². The molecule has 82 valence electrons. The molecule has 1 aliphatic heterocycles. The number of hydrogen-bond donors (Lipinski definition) is 1. The normalized spacial score (nSPS) is 20.1. The highest BCUT2D eigenvalue weighted by molar-refractivity contribution is 5.23. The summed E-state index contributed by atoms with van der Waals surface area (Å²) in [6.45, 7) is 2.72. The zero-order chi connectivity index (χ0) is 10.6. The first-order valence-corrected chi connectivity index (χ1v) is 5.50. The van der Waals surface area contributed by atoms with Gasteiger partial charge in [-0.05, 0) is 31.5 Å². The number of aromatic nitrogens is 1. The summed E-state index contributed by atoms with van der Waals surface area (Å²) in [6, 6.07) is 4.19. The Morgan fingerprint density at radius 3 is 2.87 bits per heavy atom. The van der Waals surface area contributed by atoms with Crippen LogP contribution in [0.25, 0.3) is 0 Å². The van der Waals surface area contributed by atoms with Crippen LogP contribution in [-0.2, 0) is 10.2 Å². The van der Waals surface area contributed by atoms with Crippen LogP contribution < -0.4 is 5.32 Å². The maximum atomic E-state index is 5.44. The van der Waals surface area contributed by atoms with Crippen LogP contribution in [0.1, 0.15) is 18.4 Å². The Balaban J connectivity index is 2.25. The number of ether oxygens (including phenoxy) is 1. The molecule has 1 aromatic heterocycles. The van der Waals surface area contributed by atoms with Gasteiger partial charge in [-0.2, -0.15) is 0 Å². The maximum absolute atomic E-state index is 5.44. The van der Waals surface area contributed by atoms with E-state index in [1.165, 1.54) is 5.56 Å². The van der Waals surface area contributed by atoms with Crippen molar-refractivity contribution in [2.24, 2.45) is 0 Å². The molecule has 0 amide bonds. The second kappa shape index (κ2) is 4.73. The van der Waals surface area contributed by atoms with E-state index in [1.807, 2.05) is 25.5 Å². The molecule has 1 N–H and O–H groups in total. The molecule has 2 heterocycles. The molecule has 0 aliphatic carbocycles. The molecule has 1 fully saturated rings. The predicted molar refractivity (Wildman–Crippen MR) is 59.9 cm³/mol. The van der Waals surface area contributed by atoms with Gasteiger partial charge in [0.15, 0.2) is 0 Å². The van der Waals surface area contributed by atoms with Gasteiger partial charge in [-0.3, -0.25) is 4.98 Å². The van der Waals surface area contributed by atoms with Crippen LogP contribution in [0.4, 0.5) is 0 Å². The lowest BCUT2D eigenvalue weighted by Crippen LogP contribution is -2.41. The summed E-state index contributed by atoms with van der Waals surface area (Å²) in [7, 11) is 2.01. The summed E-state index contributed by atoms with van der Waals surface area (Å²) < 4.78 is 5.44. The van der Waals surface area contributed by atoms with Gasteiger partial charge < -0.3 is 10.1 Å². The fraction of sp³-hybridized carbons (Fsp3) is 0.583. The monoisotopic (exact) mass is 206 g/mol. The Morgan fingerprint density at radius 1 is 1.47 bits per heavy atom. The lowest BCUT2D eigenvalue weighted by molar-refractivity contribution is 0.0504. The third-order valence-electron chi connectivity index (χ3n) is 3.24. The van der Waals surface area contributed by atoms with E-state index in [0.717, 1.165) is 32.6 Å². The minimum atomic E-state index is 0.223. The van der Waals surface area contributed by atoms with Crippen molar-refractivity contribution >= 4 is 0 Å². The van der Waals surface area contributed by atoms with Gasteiger partial charge in [0.2, 0.25) is 0 Å². The van der Waals surface area contributed by atoms with Crippen LogP contribution in [0.2, 0.25) is 0 Å². The third-order valence-corrected chi connectivity index (χ3v) is 3.24. The second-order valence-corrected chi connectivity index (χ2v) is 4.16. The van der Waals surface area contributed by atoms with Crippen molar-refractivity contribution in [1.82, 2.24) is 10.3 Å². The Kier molecular flexibility index (Phi) is 3.34. The molecule has 0 bridgehead atoms. The van der Waals surface area contributed by atoms with Crippen molar-refractivity contribution in [3.63, 3.8) is 0 Å². The first-order chi connectivity index (χ1) is 7.37. The molecule has 15 heavy (non-hydrogen) atoms. The Bertz CT molecular complexity index is 288. The topological polar surface area (TPSA) is 34.2 Å². The van der Waals surface area contributed by atoms with Crippen LogP contribution in [-0.4, -0.2) is 31.8 Å². The molecule has 0 atom stereocenters. The van der Waals surface area contributed by atoms with Gasteiger partial charge in [0.1, 0.15) is 0 Å². The highest BCUT2D eigenvalue weighted by atomic mass is 16.5. The third kappa shape index (κ3) is 2.19. The van der Waals surface area contributed by atoms with E-state index in [4.69, 9.17) is 4.74 Å². The number of nitrogens with one attached hydrogen (secondary N) is 1. The highest BCUT2D eigenvalue weighted by Gasteiger charge is 2.33. The summed E-state index contributed by atoms with van der Waals surface area (Å²) in [5, 5.41) is 3.29. The van der Waals surface area contributed by atoms with Gasteiger partial charge in [0.25, 0.3) is 0 Å². The zero-order valence-electron chi connectivity index (χ0n) is 9.20. The minimum absolute atomic E-state index is 0.223. The van der Waals surface area contributed by atoms with Gasteiger partial charge in [0.05, 0.1) is 0 Å². The zero-order valence-corrected chi connectivity index (χ0v) is 9.20. The molecule has 3 nitrogen and oxygen atoms in total. The van der Waals surface area contributed by atoms with Crippen LogP contribution in [0.5, 0.6) is 0 Å². The largest absolute Gasteiger partial charge is 0.381 e. The van der Waals surface area contributed by atoms with E-state index in [9.17, 15) is 0 Å². The van der Waals surface area contributed by atoms with Crippen molar-refractivity contribution in [1.29, 1.82) is 0 Å². The number of pyridine rings is 1. The average molecular weight is 206 g/mol. The molecular formula is C12H18N2O. The molecular weight excluding hydrogens is 188 g/mol. The predicted octanol–water partition coefficient (Wildman–Crippen LogP) is 1.35. The van der Waals surface area contributed by atoms with Crippen molar-refractivity contribution in [2.75, 3.05) is 26.8 Å². The first-order valence-electron chi connectivity index (χ1n) is 5.50. The number of hydrogen-bond acceptors (Lipinski definition) is 3. The molecule has 0 spiro atoms. The minimum Gasteiger partial charge on any atom is -0.381 e. The standard InChI is InChI=1S/C12H18N2O/c1-13-10-12(4-7-15-8-5-12)11-3-2-6-14-9-11/h2-3,6,9,13H,4-5,7-8,10H2,1H3. The molecule has 0 aromatic carbocycles. The van der Waals surface area contributed by atoms with Crippen molar-refractivity contribution in [3.8, 4) is 0 Å². The summed E-state index contributed by atoms with van der Waals surface area (Å²) in [5.74, 6) is 0. The molecule has 0 unspecified atom stereocenters. The van der Waals surface area contributed by atoms with Gasteiger partial charge in [-0.25, -0.2) is 0 Å². The van der Waals surface area contributed by atoms with Gasteiger partial charge in [-0.15, -0.1) is 0 Å². The van der Waals surface area contributed by atoms with Crippen LogP contribution in [0.3, 0.4) is 0 Å². The van der Waals surface area contributed by atoms with Gasteiger partial charge in [-0.1, -0.05) is 6.07 Å². The van der Waals surface area contributed by atoms with Crippen molar-refractivity contribution < 1.29 is 4.74 Å². The van der Waals surface area contributed by atoms with E-state index in [1.54, 1.807) is 0 Å². The Hall–Kier alpha value is -0.930. The SMILES string of the molecule is CNCC1(c2cccnc2)CCOCC1. The van der Waals surface area contributed by atoms with E-state index in [0.29, 0.717) is 0 Å². The van der Waals surface area contributed by atoms with Gasteiger partial charge >= 0.3 is 0 Å². The van der Waals surface area contributed by atoms with E-state index in [-0.39, 0.29) is 5.41 Å². The molecule has 1 saturated heterocycles. The summed E-state index contributed by atoms with van der Waals surface area (Å²) in [5.41, 5.74) is 1.56. The number of likely N-dealkylation sites (N-methyl/N-ethyl adjacent to an activating group) is 1. The van der Waals surface area contributed by atoms with E-state index >= 15 is 0 Å². The quantitative estimate of drug-likeness (QED) is 0.810. The highest BCUT2D eigenvalue weighted by Crippen LogP contribution is 2.33. The smallest absolute Gasteiger partial charge is 0.0475 e. The number of rotatable bonds is 3. The van der Waals surface area contributed by atoms with Gasteiger partial charge in [0, 0.05) is 37.6 Å². The summed E-state index contributed by atoms with van der Waals surface area (Å²) in [6.07, 6.45) is 5.98. The van der Waals surface area contributed by atoms with Crippen LogP contribution in [0, 0.1) is 0 Å². The Morgan fingerprint density at radius 2 is 2.27 bits per heavy atom. The molecule has 0 saturated carbocycles. The summed E-state index contributed by atoms with van der Waals surface area (Å²) >= 11 is 0. The molecule has 0 radical (unpaired) electrons. The fourth-order valence-corrected chi connectivity index (χ4v) is 2.34. The fourth-order valence-electron chi connectivity index (χ4n) is 2.34. The lowest BCUT2D eigenvalue weighted by Gasteiger charge is -2.37. The van der Waals surface area contributed by atoms with Crippen LogP contribution in [0.15, 0.2) is 24.5 Å². The van der Waals surface area contributed by atoms with Crippen molar-refractivity contribution in [2.45, 2.75) is 18.3 Å².